The minimum Gasteiger partial charge on any atom is -0.375 e. The van der Waals surface area contributed by atoms with E-state index in [9.17, 15) is 0 Å². The molecular weight excluding hydrogens is 350 g/mol. The summed E-state index contributed by atoms with van der Waals surface area (Å²) in [5.41, 5.74) is 7.82. The van der Waals surface area contributed by atoms with Crippen LogP contribution in [0.4, 0.5) is 5.13 Å². The summed E-state index contributed by atoms with van der Waals surface area (Å²) in [7, 11) is 0. The first-order chi connectivity index (χ1) is 11.2. The van der Waals surface area contributed by atoms with Crippen LogP contribution in [0.15, 0.2) is 34.8 Å². The maximum atomic E-state index is 5.91. The zero-order valence-electron chi connectivity index (χ0n) is 12.6. The highest BCUT2D eigenvalue weighted by Crippen LogP contribution is 2.24. The van der Waals surface area contributed by atoms with Gasteiger partial charge in [-0.1, -0.05) is 35.5 Å². The lowest BCUT2D eigenvalue weighted by molar-refractivity contribution is 0.649. The molecule has 0 fully saturated rings. The number of nitrogens with zero attached hydrogens (tertiary/aromatic N) is 4. The predicted octanol–water partition coefficient (Wildman–Crippen LogP) is 3.87. The van der Waals surface area contributed by atoms with Gasteiger partial charge in [0.25, 0.3) is 0 Å². The second kappa shape index (κ2) is 7.33. The van der Waals surface area contributed by atoms with E-state index >= 15 is 0 Å². The third-order valence-electron chi connectivity index (χ3n) is 3.30. The van der Waals surface area contributed by atoms with Crippen molar-refractivity contribution >= 4 is 39.8 Å². The molecule has 23 heavy (non-hydrogen) atoms. The molecule has 0 aliphatic carbocycles. The van der Waals surface area contributed by atoms with Gasteiger partial charge in [0.15, 0.2) is 10.3 Å². The number of rotatable bonds is 6. The molecule has 5 nitrogen and oxygen atoms in total. The molecule has 0 saturated heterocycles. The Morgan fingerprint density at radius 3 is 2.70 bits per heavy atom. The second-order valence-electron chi connectivity index (χ2n) is 4.91. The summed E-state index contributed by atoms with van der Waals surface area (Å²) in [5.74, 6) is 1.75. The average molecular weight is 366 g/mol. The van der Waals surface area contributed by atoms with Crippen molar-refractivity contribution < 1.29 is 0 Å². The molecule has 120 valence electrons. The lowest BCUT2D eigenvalue weighted by Gasteiger charge is -2.06. The molecule has 0 atom stereocenters. The van der Waals surface area contributed by atoms with Gasteiger partial charge in [-0.05, 0) is 24.6 Å². The first-order valence-electron chi connectivity index (χ1n) is 7.15. The highest BCUT2D eigenvalue weighted by atomic mass is 35.5. The Hall–Kier alpha value is -1.57. The van der Waals surface area contributed by atoms with Gasteiger partial charge in [-0.2, -0.15) is 0 Å². The third-order valence-corrected chi connectivity index (χ3v) is 5.31. The standard InChI is InChI=1S/C15H16ClN5S2/c1-2-21-13(7-12-9-22-14(17)18-12)19-20-15(21)23-8-10-3-5-11(16)6-4-10/h3-6,9H,2,7-8H2,1H3,(H2,17,18). The number of halogens is 1. The van der Waals surface area contributed by atoms with Gasteiger partial charge in [0.2, 0.25) is 0 Å². The quantitative estimate of drug-likeness (QED) is 0.671. The maximum absolute atomic E-state index is 5.91. The number of hydrogen-bond donors (Lipinski definition) is 1. The first-order valence-corrected chi connectivity index (χ1v) is 9.39. The van der Waals surface area contributed by atoms with Crippen molar-refractivity contribution in [3.63, 3.8) is 0 Å². The molecule has 1 aromatic carbocycles. The van der Waals surface area contributed by atoms with Crippen LogP contribution in [0, 0.1) is 0 Å². The van der Waals surface area contributed by atoms with Gasteiger partial charge in [-0.3, -0.25) is 0 Å². The molecule has 0 aliphatic heterocycles. The van der Waals surface area contributed by atoms with Gasteiger partial charge in [0, 0.05) is 22.7 Å². The molecule has 0 amide bonds. The lowest BCUT2D eigenvalue weighted by Crippen LogP contribution is -2.04. The third kappa shape index (κ3) is 4.04. The van der Waals surface area contributed by atoms with Crippen molar-refractivity contribution in [1.82, 2.24) is 19.7 Å². The number of benzene rings is 1. The summed E-state index contributed by atoms with van der Waals surface area (Å²) in [6.45, 7) is 2.92. The van der Waals surface area contributed by atoms with Crippen LogP contribution in [0.2, 0.25) is 5.02 Å². The van der Waals surface area contributed by atoms with Crippen molar-refractivity contribution in [2.24, 2.45) is 0 Å². The molecule has 0 unspecified atom stereocenters. The SMILES string of the molecule is CCn1c(Cc2csc(N)n2)nnc1SCc1ccc(Cl)cc1. The van der Waals surface area contributed by atoms with Crippen LogP contribution in [-0.2, 0) is 18.7 Å². The Morgan fingerprint density at radius 1 is 1.26 bits per heavy atom. The number of thioether (sulfide) groups is 1. The molecule has 2 aromatic heterocycles. The number of nitrogen functional groups attached to an aromatic ring is 1. The fourth-order valence-corrected chi connectivity index (χ4v) is 3.83. The average Bonchev–Trinajstić information content (AvgIpc) is 3.13. The van der Waals surface area contributed by atoms with E-state index in [1.165, 1.54) is 16.9 Å². The summed E-state index contributed by atoms with van der Waals surface area (Å²) < 4.78 is 2.12. The number of thiazole rings is 1. The van der Waals surface area contributed by atoms with E-state index in [1.54, 1.807) is 11.8 Å². The second-order valence-corrected chi connectivity index (χ2v) is 7.18. The van der Waals surface area contributed by atoms with Crippen LogP contribution in [0.3, 0.4) is 0 Å². The van der Waals surface area contributed by atoms with E-state index in [0.29, 0.717) is 11.6 Å². The molecule has 0 bridgehead atoms. The van der Waals surface area contributed by atoms with E-state index in [2.05, 4.69) is 26.7 Å². The van der Waals surface area contributed by atoms with Crippen LogP contribution >= 0.6 is 34.7 Å². The largest absolute Gasteiger partial charge is 0.375 e. The summed E-state index contributed by atoms with van der Waals surface area (Å²) in [6.07, 6.45) is 0.649. The Morgan fingerprint density at radius 2 is 2.04 bits per heavy atom. The molecule has 3 aromatic rings. The van der Waals surface area contributed by atoms with E-state index in [-0.39, 0.29) is 0 Å². The van der Waals surface area contributed by atoms with Crippen molar-refractivity contribution in [2.45, 2.75) is 30.8 Å². The summed E-state index contributed by atoms with van der Waals surface area (Å²) in [4.78, 5) is 4.29. The fourth-order valence-electron chi connectivity index (χ4n) is 2.17. The Kier molecular flexibility index (Phi) is 5.20. The Bertz CT molecular complexity index is 782. The molecule has 0 aliphatic rings. The molecule has 0 radical (unpaired) electrons. The molecule has 8 heteroatoms. The monoisotopic (exact) mass is 365 g/mol. The molecule has 2 heterocycles. The highest BCUT2D eigenvalue weighted by Gasteiger charge is 2.13. The number of anilines is 1. The molecular formula is C15H16ClN5S2. The highest BCUT2D eigenvalue weighted by molar-refractivity contribution is 7.98. The topological polar surface area (TPSA) is 69.6 Å². The van der Waals surface area contributed by atoms with Crippen molar-refractivity contribution in [2.75, 3.05) is 5.73 Å². The zero-order chi connectivity index (χ0) is 16.2. The minimum absolute atomic E-state index is 0.583. The first kappa shape index (κ1) is 16.3. The normalized spacial score (nSPS) is 11.0. The number of aromatic nitrogens is 4. The van der Waals surface area contributed by atoms with Gasteiger partial charge < -0.3 is 10.3 Å². The predicted molar refractivity (Wildman–Crippen MR) is 96.0 cm³/mol. The van der Waals surface area contributed by atoms with Crippen LogP contribution < -0.4 is 5.73 Å². The van der Waals surface area contributed by atoms with Gasteiger partial charge in [-0.15, -0.1) is 21.5 Å². The molecule has 3 rings (SSSR count). The van der Waals surface area contributed by atoms with E-state index in [4.69, 9.17) is 17.3 Å². The van der Waals surface area contributed by atoms with Crippen LogP contribution in [0.1, 0.15) is 24.0 Å². The number of hydrogen-bond acceptors (Lipinski definition) is 6. The van der Waals surface area contributed by atoms with Crippen LogP contribution in [-0.4, -0.2) is 19.7 Å². The van der Waals surface area contributed by atoms with Gasteiger partial charge in [0.1, 0.15) is 5.82 Å². The molecule has 2 N–H and O–H groups in total. The van der Waals surface area contributed by atoms with E-state index in [1.807, 2.05) is 29.6 Å². The van der Waals surface area contributed by atoms with Crippen molar-refractivity contribution in [3.8, 4) is 0 Å². The van der Waals surface area contributed by atoms with Crippen LogP contribution in [0.25, 0.3) is 0 Å². The summed E-state index contributed by atoms with van der Waals surface area (Å²) in [6, 6.07) is 7.86. The maximum Gasteiger partial charge on any atom is 0.191 e. The summed E-state index contributed by atoms with van der Waals surface area (Å²) >= 11 is 9.03. The summed E-state index contributed by atoms with van der Waals surface area (Å²) in [5, 5.41) is 12.8. The van der Waals surface area contributed by atoms with Crippen molar-refractivity contribution in [1.29, 1.82) is 0 Å². The lowest BCUT2D eigenvalue weighted by atomic mass is 10.2. The fraction of sp³-hybridized carbons (Fsp3) is 0.267. The van der Waals surface area contributed by atoms with E-state index in [0.717, 1.165) is 34.0 Å². The Labute approximate surface area is 147 Å². The smallest absolute Gasteiger partial charge is 0.191 e. The van der Waals surface area contributed by atoms with Crippen molar-refractivity contribution in [3.05, 3.63) is 51.7 Å². The zero-order valence-corrected chi connectivity index (χ0v) is 15.0. The van der Waals surface area contributed by atoms with Crippen LogP contribution in [0.5, 0.6) is 0 Å². The molecule has 0 spiro atoms. The van der Waals surface area contributed by atoms with E-state index < -0.39 is 0 Å². The van der Waals surface area contributed by atoms with Gasteiger partial charge in [-0.25, -0.2) is 4.98 Å². The number of nitrogens with two attached hydrogens (primary N) is 1. The minimum atomic E-state index is 0.583. The van der Waals surface area contributed by atoms with Gasteiger partial charge >= 0.3 is 0 Å². The molecule has 0 saturated carbocycles. The van der Waals surface area contributed by atoms with Gasteiger partial charge in [0.05, 0.1) is 12.1 Å². The Balaban J connectivity index is 1.71.